The zero-order chi connectivity index (χ0) is 16.8. The summed E-state index contributed by atoms with van der Waals surface area (Å²) in [4.78, 5) is 12.0. The topological polar surface area (TPSA) is 66.9 Å². The summed E-state index contributed by atoms with van der Waals surface area (Å²) < 4.78 is 0. The maximum Gasteiger partial charge on any atom is 0.271 e. The minimum atomic E-state index is -0.184. The minimum Gasteiger partial charge on any atom is -0.351 e. The number of nitrogens with zero attached hydrogens (tertiary/aromatic N) is 2. The molecule has 0 bridgehead atoms. The fourth-order valence-corrected chi connectivity index (χ4v) is 2.28. The lowest BCUT2D eigenvalue weighted by Gasteiger charge is -2.09. The summed E-state index contributed by atoms with van der Waals surface area (Å²) in [5.74, 6) is 0.996. The number of rotatable bonds is 6. The van der Waals surface area contributed by atoms with Crippen molar-refractivity contribution < 1.29 is 4.79 Å². The van der Waals surface area contributed by atoms with E-state index in [0.717, 1.165) is 12.1 Å². The van der Waals surface area contributed by atoms with E-state index in [1.807, 2.05) is 12.1 Å². The van der Waals surface area contributed by atoms with Gasteiger partial charge in [0.05, 0.1) is 0 Å². The summed E-state index contributed by atoms with van der Waals surface area (Å²) >= 11 is 0. The second kappa shape index (κ2) is 7.72. The quantitative estimate of drug-likeness (QED) is 0.855. The Morgan fingerprint density at radius 3 is 2.35 bits per heavy atom. The molecular formula is C18H24N4O. The third-order valence-electron chi connectivity index (χ3n) is 3.40. The third kappa shape index (κ3) is 5.36. The van der Waals surface area contributed by atoms with Crippen LogP contribution in [0.4, 0.5) is 11.5 Å². The number of carbonyl (C=O) groups excluding carboxylic acids is 1. The number of aromatic nitrogens is 2. The highest BCUT2D eigenvalue weighted by Crippen LogP contribution is 2.17. The van der Waals surface area contributed by atoms with Gasteiger partial charge in [-0.25, -0.2) is 0 Å². The van der Waals surface area contributed by atoms with Crippen LogP contribution in [0.3, 0.4) is 0 Å². The van der Waals surface area contributed by atoms with Crippen molar-refractivity contribution in [2.45, 2.75) is 34.1 Å². The molecule has 5 heteroatoms. The molecule has 0 radical (unpaired) electrons. The van der Waals surface area contributed by atoms with Crippen LogP contribution in [-0.2, 0) is 0 Å². The Hall–Kier alpha value is -2.43. The molecule has 1 aromatic carbocycles. The van der Waals surface area contributed by atoms with Crippen molar-refractivity contribution in [3.8, 4) is 0 Å². The van der Waals surface area contributed by atoms with Gasteiger partial charge in [0.25, 0.3) is 5.91 Å². The summed E-state index contributed by atoms with van der Waals surface area (Å²) in [6, 6.07) is 9.65. The van der Waals surface area contributed by atoms with Crippen molar-refractivity contribution in [2.24, 2.45) is 5.92 Å². The largest absolute Gasteiger partial charge is 0.351 e. The molecule has 5 nitrogen and oxygen atoms in total. The van der Waals surface area contributed by atoms with Gasteiger partial charge in [0.15, 0.2) is 11.5 Å². The molecule has 0 saturated heterocycles. The lowest BCUT2D eigenvalue weighted by Crippen LogP contribution is -2.26. The number of nitrogens with one attached hydrogen (secondary N) is 2. The number of amides is 1. The predicted octanol–water partition coefficient (Wildman–Crippen LogP) is 3.61. The second-order valence-electron chi connectivity index (χ2n) is 6.24. The van der Waals surface area contributed by atoms with Crippen LogP contribution in [-0.4, -0.2) is 22.6 Å². The van der Waals surface area contributed by atoms with Crippen LogP contribution < -0.4 is 10.6 Å². The lowest BCUT2D eigenvalue weighted by molar-refractivity contribution is 0.0946. The monoisotopic (exact) mass is 312 g/mol. The maximum atomic E-state index is 12.0. The van der Waals surface area contributed by atoms with Gasteiger partial charge in [-0.15, -0.1) is 10.2 Å². The number of aryl methyl sites for hydroxylation is 2. The average Bonchev–Trinajstić information content (AvgIpc) is 2.46. The van der Waals surface area contributed by atoms with E-state index < -0.39 is 0 Å². The molecule has 0 spiro atoms. The van der Waals surface area contributed by atoms with Gasteiger partial charge in [-0.1, -0.05) is 19.9 Å². The third-order valence-corrected chi connectivity index (χ3v) is 3.40. The molecule has 2 N–H and O–H groups in total. The Bertz CT molecular complexity index is 645. The molecule has 0 atom stereocenters. The minimum absolute atomic E-state index is 0.184. The first-order valence-electron chi connectivity index (χ1n) is 7.91. The van der Waals surface area contributed by atoms with Gasteiger partial charge in [-0.2, -0.15) is 0 Å². The molecule has 0 saturated carbocycles. The van der Waals surface area contributed by atoms with E-state index in [2.05, 4.69) is 54.6 Å². The highest BCUT2D eigenvalue weighted by atomic mass is 16.1. The van der Waals surface area contributed by atoms with Crippen molar-refractivity contribution in [3.05, 3.63) is 47.2 Å². The summed E-state index contributed by atoms with van der Waals surface area (Å²) in [5.41, 5.74) is 3.66. The van der Waals surface area contributed by atoms with Crippen molar-refractivity contribution in [1.29, 1.82) is 0 Å². The Kier molecular flexibility index (Phi) is 5.68. The highest BCUT2D eigenvalue weighted by Gasteiger charge is 2.08. The van der Waals surface area contributed by atoms with E-state index in [9.17, 15) is 4.79 Å². The van der Waals surface area contributed by atoms with Gasteiger partial charge in [-0.05, 0) is 61.6 Å². The van der Waals surface area contributed by atoms with Crippen molar-refractivity contribution in [2.75, 3.05) is 11.9 Å². The van der Waals surface area contributed by atoms with Crippen LogP contribution in [0.2, 0.25) is 0 Å². The molecule has 23 heavy (non-hydrogen) atoms. The molecule has 2 aromatic rings. The number of hydrogen-bond acceptors (Lipinski definition) is 4. The van der Waals surface area contributed by atoms with Gasteiger partial charge in [0.2, 0.25) is 0 Å². The number of hydrogen-bond donors (Lipinski definition) is 2. The molecule has 2 rings (SSSR count). The number of benzene rings is 1. The van der Waals surface area contributed by atoms with Crippen LogP contribution in [0.5, 0.6) is 0 Å². The Morgan fingerprint density at radius 2 is 1.78 bits per heavy atom. The molecule has 1 heterocycles. The number of carbonyl (C=O) groups is 1. The standard InChI is InChI=1S/C18H24N4O/c1-12(2)7-8-19-18(23)16-5-6-17(22-21-16)20-15-10-13(3)9-14(4)11-15/h5-6,9-12H,7-8H2,1-4H3,(H,19,23)(H,20,22). The fraction of sp³-hybridized carbons (Fsp3) is 0.389. The predicted molar refractivity (Wildman–Crippen MR) is 93.0 cm³/mol. The van der Waals surface area contributed by atoms with Crippen LogP contribution in [0, 0.1) is 19.8 Å². The highest BCUT2D eigenvalue weighted by molar-refractivity contribution is 5.92. The van der Waals surface area contributed by atoms with Gasteiger partial charge in [0, 0.05) is 12.2 Å². The molecule has 0 aliphatic carbocycles. The first kappa shape index (κ1) is 16.9. The average molecular weight is 312 g/mol. The Labute approximate surface area is 137 Å². The van der Waals surface area contributed by atoms with E-state index in [4.69, 9.17) is 0 Å². The van der Waals surface area contributed by atoms with Gasteiger partial charge in [-0.3, -0.25) is 4.79 Å². The molecule has 122 valence electrons. The Morgan fingerprint density at radius 1 is 1.09 bits per heavy atom. The summed E-state index contributed by atoms with van der Waals surface area (Å²) in [6.45, 7) is 9.00. The lowest BCUT2D eigenvalue weighted by atomic mass is 10.1. The SMILES string of the molecule is Cc1cc(C)cc(Nc2ccc(C(=O)NCCC(C)C)nn2)c1. The molecule has 0 fully saturated rings. The molecule has 1 amide bonds. The molecule has 0 aliphatic heterocycles. The summed E-state index contributed by atoms with van der Waals surface area (Å²) in [5, 5.41) is 14.1. The van der Waals surface area contributed by atoms with Crippen LogP contribution in [0.1, 0.15) is 41.9 Å². The van der Waals surface area contributed by atoms with Gasteiger partial charge in [0.1, 0.15) is 0 Å². The van der Waals surface area contributed by atoms with E-state index in [0.29, 0.717) is 24.0 Å². The second-order valence-corrected chi connectivity index (χ2v) is 6.24. The van der Waals surface area contributed by atoms with Crippen molar-refractivity contribution in [3.63, 3.8) is 0 Å². The van der Waals surface area contributed by atoms with Gasteiger partial charge >= 0.3 is 0 Å². The maximum absolute atomic E-state index is 12.0. The smallest absolute Gasteiger partial charge is 0.271 e. The van der Waals surface area contributed by atoms with Crippen molar-refractivity contribution >= 4 is 17.4 Å². The first-order chi connectivity index (χ1) is 10.9. The zero-order valence-corrected chi connectivity index (χ0v) is 14.2. The van der Waals surface area contributed by atoms with Crippen LogP contribution in [0.15, 0.2) is 30.3 Å². The first-order valence-corrected chi connectivity index (χ1v) is 7.91. The molecular weight excluding hydrogens is 288 g/mol. The fourth-order valence-electron chi connectivity index (χ4n) is 2.28. The van der Waals surface area contributed by atoms with E-state index in [1.54, 1.807) is 12.1 Å². The normalized spacial score (nSPS) is 10.7. The van der Waals surface area contributed by atoms with Crippen LogP contribution in [0.25, 0.3) is 0 Å². The van der Waals surface area contributed by atoms with E-state index >= 15 is 0 Å². The van der Waals surface area contributed by atoms with Crippen molar-refractivity contribution in [1.82, 2.24) is 15.5 Å². The van der Waals surface area contributed by atoms with E-state index in [-0.39, 0.29) is 5.91 Å². The number of anilines is 2. The molecule has 1 aromatic heterocycles. The molecule has 0 unspecified atom stereocenters. The van der Waals surface area contributed by atoms with Crippen LogP contribution >= 0.6 is 0 Å². The van der Waals surface area contributed by atoms with Gasteiger partial charge < -0.3 is 10.6 Å². The Balaban J connectivity index is 1.97. The summed E-state index contributed by atoms with van der Waals surface area (Å²) in [6.07, 6.45) is 0.950. The zero-order valence-electron chi connectivity index (χ0n) is 14.2. The van der Waals surface area contributed by atoms with E-state index in [1.165, 1.54) is 11.1 Å². The molecule has 0 aliphatic rings. The summed E-state index contributed by atoms with van der Waals surface area (Å²) in [7, 11) is 0.